The number of rotatable bonds is 1. The number of nitrogens with zero attached hydrogens (tertiary/aromatic N) is 3. The van der Waals surface area contributed by atoms with Crippen LogP contribution in [0.15, 0.2) is 24.5 Å². The zero-order chi connectivity index (χ0) is 10.1. The van der Waals surface area contributed by atoms with E-state index in [1.165, 1.54) is 0 Å². The smallest absolute Gasteiger partial charge is 0.172 e. The molecule has 0 aliphatic rings. The van der Waals surface area contributed by atoms with Crippen LogP contribution in [-0.4, -0.2) is 14.8 Å². The molecule has 2 aromatic rings. The van der Waals surface area contributed by atoms with E-state index in [1.54, 1.807) is 23.1 Å². The Morgan fingerprint density at radius 1 is 1.50 bits per heavy atom. The van der Waals surface area contributed by atoms with Crippen LogP contribution < -0.4 is 5.73 Å². The molecule has 4 nitrogen and oxygen atoms in total. The van der Waals surface area contributed by atoms with Crippen molar-refractivity contribution in [2.75, 3.05) is 5.73 Å². The van der Waals surface area contributed by atoms with Gasteiger partial charge in [-0.1, -0.05) is 11.6 Å². The Morgan fingerprint density at radius 2 is 2.29 bits per heavy atom. The molecule has 0 fully saturated rings. The molecule has 2 N–H and O–H groups in total. The van der Waals surface area contributed by atoms with E-state index >= 15 is 0 Å². The van der Waals surface area contributed by atoms with Gasteiger partial charge in [0.05, 0.1) is 16.4 Å². The highest BCUT2D eigenvalue weighted by molar-refractivity contribution is 6.32. The van der Waals surface area contributed by atoms with Crippen molar-refractivity contribution in [2.45, 2.75) is 6.92 Å². The summed E-state index contributed by atoms with van der Waals surface area (Å²) in [6.07, 6.45) is 3.45. The summed E-state index contributed by atoms with van der Waals surface area (Å²) in [5.74, 6) is 0.600. The third-order valence-electron chi connectivity index (χ3n) is 1.91. The van der Waals surface area contributed by atoms with Gasteiger partial charge in [0.1, 0.15) is 0 Å². The van der Waals surface area contributed by atoms with Gasteiger partial charge in [-0.05, 0) is 19.1 Å². The molecule has 0 spiro atoms. The Balaban J connectivity index is 2.60. The molecule has 5 heteroatoms. The number of hydrogen-bond donors (Lipinski definition) is 1. The molecule has 2 heterocycles. The van der Waals surface area contributed by atoms with Gasteiger partial charge in [0.25, 0.3) is 0 Å². The SMILES string of the molecule is Cc1nc(-n2cccn2)c(Cl)cc1N. The number of aromatic nitrogens is 3. The fraction of sp³-hybridized carbons (Fsp3) is 0.111. The Morgan fingerprint density at radius 3 is 2.93 bits per heavy atom. The van der Waals surface area contributed by atoms with Crippen molar-refractivity contribution in [1.82, 2.24) is 14.8 Å². The van der Waals surface area contributed by atoms with Gasteiger partial charge < -0.3 is 5.73 Å². The van der Waals surface area contributed by atoms with Crippen LogP contribution in [0.3, 0.4) is 0 Å². The Kier molecular flexibility index (Phi) is 2.13. The average molecular weight is 209 g/mol. The number of pyridine rings is 1. The quantitative estimate of drug-likeness (QED) is 0.778. The van der Waals surface area contributed by atoms with Crippen molar-refractivity contribution in [3.63, 3.8) is 0 Å². The van der Waals surface area contributed by atoms with Crippen molar-refractivity contribution in [1.29, 1.82) is 0 Å². The number of anilines is 1. The third kappa shape index (κ3) is 1.44. The summed E-state index contributed by atoms with van der Waals surface area (Å²) in [6, 6.07) is 3.49. The zero-order valence-electron chi connectivity index (χ0n) is 7.61. The van der Waals surface area contributed by atoms with Gasteiger partial charge >= 0.3 is 0 Å². The topological polar surface area (TPSA) is 56.7 Å². The van der Waals surface area contributed by atoms with E-state index in [4.69, 9.17) is 17.3 Å². The van der Waals surface area contributed by atoms with Crippen LogP contribution >= 0.6 is 11.6 Å². The molecule has 14 heavy (non-hydrogen) atoms. The monoisotopic (exact) mass is 208 g/mol. The maximum atomic E-state index is 5.99. The molecule has 2 rings (SSSR count). The Bertz CT molecular complexity index is 450. The van der Waals surface area contributed by atoms with E-state index in [-0.39, 0.29) is 0 Å². The van der Waals surface area contributed by atoms with Crippen LogP contribution in [0, 0.1) is 6.92 Å². The first kappa shape index (κ1) is 9.02. The summed E-state index contributed by atoms with van der Waals surface area (Å²) >= 11 is 5.99. The highest BCUT2D eigenvalue weighted by Gasteiger charge is 2.07. The molecule has 0 aromatic carbocycles. The van der Waals surface area contributed by atoms with Gasteiger partial charge in [-0.2, -0.15) is 5.10 Å². The molecule has 0 aliphatic heterocycles. The second-order valence-electron chi connectivity index (χ2n) is 2.92. The van der Waals surface area contributed by atoms with E-state index < -0.39 is 0 Å². The minimum absolute atomic E-state index is 0.497. The predicted octanol–water partition coefficient (Wildman–Crippen LogP) is 1.81. The van der Waals surface area contributed by atoms with Gasteiger partial charge in [0.2, 0.25) is 0 Å². The number of nitrogen functional groups attached to an aromatic ring is 1. The first-order valence-corrected chi connectivity index (χ1v) is 4.49. The molecule has 0 saturated heterocycles. The highest BCUT2D eigenvalue weighted by Crippen LogP contribution is 2.22. The van der Waals surface area contributed by atoms with Crippen molar-refractivity contribution in [2.24, 2.45) is 0 Å². The lowest BCUT2D eigenvalue weighted by atomic mass is 10.3. The van der Waals surface area contributed by atoms with Gasteiger partial charge in [-0.25, -0.2) is 9.67 Å². The van der Waals surface area contributed by atoms with Crippen LogP contribution in [0.2, 0.25) is 5.02 Å². The molecule has 0 amide bonds. The molecule has 0 aliphatic carbocycles. The van der Waals surface area contributed by atoms with E-state index in [0.717, 1.165) is 5.69 Å². The number of halogens is 1. The maximum absolute atomic E-state index is 5.99. The number of nitrogens with two attached hydrogens (primary N) is 1. The first-order valence-electron chi connectivity index (χ1n) is 4.11. The minimum Gasteiger partial charge on any atom is -0.397 e. The Hall–Kier alpha value is -1.55. The fourth-order valence-corrected chi connectivity index (χ4v) is 1.38. The standard InChI is InChI=1S/C9H9ClN4/c1-6-8(11)5-7(10)9(13-6)14-4-2-3-12-14/h2-5H,11H2,1H3. The van der Waals surface area contributed by atoms with E-state index in [9.17, 15) is 0 Å². The fourth-order valence-electron chi connectivity index (χ4n) is 1.14. The van der Waals surface area contributed by atoms with Crippen LogP contribution in [0.4, 0.5) is 5.69 Å². The lowest BCUT2D eigenvalue weighted by Crippen LogP contribution is -2.02. The van der Waals surface area contributed by atoms with Gasteiger partial charge in [0.15, 0.2) is 5.82 Å². The maximum Gasteiger partial charge on any atom is 0.172 e. The molecule has 0 bridgehead atoms. The van der Waals surface area contributed by atoms with Crippen molar-refractivity contribution in [3.05, 3.63) is 35.2 Å². The normalized spacial score (nSPS) is 10.4. The molecular weight excluding hydrogens is 200 g/mol. The molecule has 0 radical (unpaired) electrons. The summed E-state index contributed by atoms with van der Waals surface area (Å²) in [4.78, 5) is 4.26. The summed E-state index contributed by atoms with van der Waals surface area (Å²) in [5, 5.41) is 4.54. The van der Waals surface area contributed by atoms with Gasteiger partial charge in [-0.3, -0.25) is 0 Å². The van der Waals surface area contributed by atoms with E-state index in [0.29, 0.717) is 16.5 Å². The Labute approximate surface area is 86.3 Å². The second-order valence-corrected chi connectivity index (χ2v) is 3.33. The second kappa shape index (κ2) is 3.31. The van der Waals surface area contributed by atoms with Crippen molar-refractivity contribution in [3.8, 4) is 5.82 Å². The zero-order valence-corrected chi connectivity index (χ0v) is 8.36. The van der Waals surface area contributed by atoms with Crippen LogP contribution in [0.1, 0.15) is 5.69 Å². The average Bonchev–Trinajstić information content (AvgIpc) is 2.64. The van der Waals surface area contributed by atoms with Crippen LogP contribution in [-0.2, 0) is 0 Å². The van der Waals surface area contributed by atoms with Gasteiger partial charge in [0, 0.05) is 12.4 Å². The third-order valence-corrected chi connectivity index (χ3v) is 2.19. The summed E-state index contributed by atoms with van der Waals surface area (Å²) in [7, 11) is 0. The van der Waals surface area contributed by atoms with E-state index in [2.05, 4.69) is 10.1 Å². The van der Waals surface area contributed by atoms with E-state index in [1.807, 2.05) is 13.0 Å². The van der Waals surface area contributed by atoms with Crippen LogP contribution in [0.25, 0.3) is 5.82 Å². The van der Waals surface area contributed by atoms with Crippen molar-refractivity contribution >= 4 is 17.3 Å². The highest BCUT2D eigenvalue weighted by atomic mass is 35.5. The molecular formula is C9H9ClN4. The number of hydrogen-bond acceptors (Lipinski definition) is 3. The minimum atomic E-state index is 0.497. The molecule has 0 atom stereocenters. The van der Waals surface area contributed by atoms with Crippen molar-refractivity contribution < 1.29 is 0 Å². The summed E-state index contributed by atoms with van der Waals surface area (Å²) < 4.78 is 1.61. The number of aryl methyl sites for hydroxylation is 1. The summed E-state index contributed by atoms with van der Waals surface area (Å²) in [6.45, 7) is 1.83. The molecule has 72 valence electrons. The van der Waals surface area contributed by atoms with Gasteiger partial charge in [-0.15, -0.1) is 0 Å². The van der Waals surface area contributed by atoms with Crippen LogP contribution in [0.5, 0.6) is 0 Å². The lowest BCUT2D eigenvalue weighted by molar-refractivity contribution is 0.842. The lowest BCUT2D eigenvalue weighted by Gasteiger charge is -2.06. The molecule has 0 unspecified atom stereocenters. The molecule has 2 aromatic heterocycles. The predicted molar refractivity (Wildman–Crippen MR) is 55.5 cm³/mol. The molecule has 0 saturated carbocycles. The first-order chi connectivity index (χ1) is 6.68. The summed E-state index contributed by atoms with van der Waals surface area (Å²) in [5.41, 5.74) is 7.01. The largest absolute Gasteiger partial charge is 0.397 e.